The summed E-state index contributed by atoms with van der Waals surface area (Å²) >= 11 is 12.2. The first-order chi connectivity index (χ1) is 16.5. The molecule has 0 unspecified atom stereocenters. The lowest BCUT2D eigenvalue weighted by Crippen LogP contribution is -2.41. The number of anilines is 1. The summed E-state index contributed by atoms with van der Waals surface area (Å²) in [5, 5.41) is 0.764. The van der Waals surface area contributed by atoms with Crippen LogP contribution >= 0.6 is 23.2 Å². The number of benzene rings is 2. The first-order valence-electron chi connectivity index (χ1n) is 11.2. The number of nitrogens with zero attached hydrogens (tertiary/aromatic N) is 4. The lowest BCUT2D eigenvalue weighted by molar-refractivity contribution is 0.0733. The van der Waals surface area contributed by atoms with Crippen LogP contribution in [0, 0.1) is 5.82 Å². The molecule has 9 heteroatoms. The molecule has 0 atom stereocenters. The molecule has 3 aromatic rings. The van der Waals surface area contributed by atoms with E-state index >= 15 is 0 Å². The molecule has 0 aliphatic carbocycles. The smallest absolute Gasteiger partial charge is 0.254 e. The minimum absolute atomic E-state index is 0.110. The van der Waals surface area contributed by atoms with Crippen LogP contribution in [0.4, 0.5) is 10.2 Å². The van der Waals surface area contributed by atoms with Crippen molar-refractivity contribution in [2.45, 2.75) is 19.4 Å². The summed E-state index contributed by atoms with van der Waals surface area (Å²) in [6.45, 7) is 3.59. The van der Waals surface area contributed by atoms with Gasteiger partial charge in [0, 0.05) is 43.6 Å². The maximum atomic E-state index is 13.7. The van der Waals surface area contributed by atoms with E-state index in [-0.39, 0.29) is 11.7 Å². The average molecular weight is 501 g/mol. The first kappa shape index (κ1) is 23.0. The molecule has 2 aromatic carbocycles. The third-order valence-corrected chi connectivity index (χ3v) is 6.84. The number of aromatic nitrogens is 2. The minimum atomic E-state index is -0.277. The molecule has 0 saturated carbocycles. The summed E-state index contributed by atoms with van der Waals surface area (Å²) in [6.07, 6.45) is 1.05. The highest BCUT2D eigenvalue weighted by Crippen LogP contribution is 2.30. The third kappa shape index (κ3) is 4.87. The van der Waals surface area contributed by atoms with Crippen LogP contribution in [-0.2, 0) is 24.1 Å². The van der Waals surface area contributed by atoms with Gasteiger partial charge in [-0.2, -0.15) is 0 Å². The summed E-state index contributed by atoms with van der Waals surface area (Å²) < 4.78 is 19.2. The average Bonchev–Trinajstić information content (AvgIpc) is 2.85. The molecule has 176 valence electrons. The summed E-state index contributed by atoms with van der Waals surface area (Å²) in [6, 6.07) is 11.4. The van der Waals surface area contributed by atoms with Gasteiger partial charge in [-0.3, -0.25) is 4.79 Å². The van der Waals surface area contributed by atoms with Crippen molar-refractivity contribution in [1.82, 2.24) is 14.9 Å². The maximum Gasteiger partial charge on any atom is 0.254 e. The molecule has 5 rings (SSSR count). The van der Waals surface area contributed by atoms with Crippen molar-refractivity contribution in [3.63, 3.8) is 0 Å². The Balaban J connectivity index is 1.47. The number of ether oxygens (including phenoxy) is 1. The van der Waals surface area contributed by atoms with E-state index < -0.39 is 0 Å². The van der Waals surface area contributed by atoms with Crippen molar-refractivity contribution in [3.8, 4) is 0 Å². The Labute approximate surface area is 207 Å². The quantitative estimate of drug-likeness (QED) is 0.525. The van der Waals surface area contributed by atoms with Crippen molar-refractivity contribution in [2.75, 3.05) is 37.7 Å². The first-order valence-corrected chi connectivity index (χ1v) is 11.9. The highest BCUT2D eigenvalue weighted by molar-refractivity contribution is 6.42. The summed E-state index contributed by atoms with van der Waals surface area (Å²) in [5.74, 6) is 1.09. The highest BCUT2D eigenvalue weighted by Gasteiger charge is 2.29. The molecule has 0 radical (unpaired) electrons. The largest absolute Gasteiger partial charge is 0.378 e. The number of amides is 1. The molecule has 1 fully saturated rings. The summed E-state index contributed by atoms with van der Waals surface area (Å²) in [7, 11) is 0. The van der Waals surface area contributed by atoms with Gasteiger partial charge in [-0.1, -0.05) is 35.3 Å². The Kier molecular flexibility index (Phi) is 6.68. The van der Waals surface area contributed by atoms with Crippen LogP contribution in [0.5, 0.6) is 0 Å². The second-order valence-electron chi connectivity index (χ2n) is 8.40. The number of rotatable bonds is 4. The molecule has 1 amide bonds. The molecule has 0 N–H and O–H groups in total. The summed E-state index contributed by atoms with van der Waals surface area (Å²) in [5.41, 5.74) is 3.19. The Bertz CT molecular complexity index is 1230. The van der Waals surface area contributed by atoms with Gasteiger partial charge in [-0.05, 0) is 35.9 Å². The van der Waals surface area contributed by atoms with Crippen LogP contribution in [-0.4, -0.2) is 53.6 Å². The third-order valence-electron chi connectivity index (χ3n) is 6.10. The van der Waals surface area contributed by atoms with E-state index in [1.807, 2.05) is 6.07 Å². The van der Waals surface area contributed by atoms with Gasteiger partial charge in [0.2, 0.25) is 0 Å². The second-order valence-corrected chi connectivity index (χ2v) is 9.21. The predicted molar refractivity (Wildman–Crippen MR) is 129 cm³/mol. The van der Waals surface area contributed by atoms with Gasteiger partial charge < -0.3 is 14.5 Å². The van der Waals surface area contributed by atoms with E-state index in [9.17, 15) is 9.18 Å². The van der Waals surface area contributed by atoms with Crippen LogP contribution in [0.1, 0.15) is 33.0 Å². The molecule has 3 heterocycles. The Morgan fingerprint density at radius 1 is 1.03 bits per heavy atom. The Morgan fingerprint density at radius 3 is 2.62 bits per heavy atom. The van der Waals surface area contributed by atoms with Gasteiger partial charge in [0.05, 0.1) is 35.5 Å². The van der Waals surface area contributed by atoms with Gasteiger partial charge >= 0.3 is 0 Å². The standard InChI is InChI=1S/C25H23Cl2FN4O2/c26-20-5-4-17(14-21(20)27)25(33)32-7-6-22-19(15-32)24(31-8-10-34-11-9-31)30-23(29-22)13-16-2-1-3-18(28)12-16/h1-5,12,14H,6-11,13,15H2. The normalized spacial score (nSPS) is 15.9. The lowest BCUT2D eigenvalue weighted by atomic mass is 10.0. The highest BCUT2D eigenvalue weighted by atomic mass is 35.5. The number of carbonyl (C=O) groups excluding carboxylic acids is 1. The van der Waals surface area contributed by atoms with E-state index in [4.69, 9.17) is 37.9 Å². The van der Waals surface area contributed by atoms with Gasteiger partial charge in [0.25, 0.3) is 5.91 Å². The molecular formula is C25H23Cl2FN4O2. The number of fused-ring (bicyclic) bond motifs is 1. The molecule has 2 aliphatic heterocycles. The van der Waals surface area contributed by atoms with Crippen LogP contribution in [0.2, 0.25) is 10.0 Å². The molecule has 2 aliphatic rings. The minimum Gasteiger partial charge on any atom is -0.378 e. The number of carbonyl (C=O) groups is 1. The molecule has 0 spiro atoms. The number of hydrogen-bond acceptors (Lipinski definition) is 5. The molecular weight excluding hydrogens is 478 g/mol. The second kappa shape index (κ2) is 9.86. The van der Waals surface area contributed by atoms with E-state index in [1.165, 1.54) is 12.1 Å². The van der Waals surface area contributed by atoms with Gasteiger partial charge in [0.1, 0.15) is 17.5 Å². The number of morpholine rings is 1. The zero-order chi connectivity index (χ0) is 23.7. The van der Waals surface area contributed by atoms with Gasteiger partial charge in [0.15, 0.2) is 0 Å². The number of hydrogen-bond donors (Lipinski definition) is 0. The van der Waals surface area contributed by atoms with E-state index in [1.54, 1.807) is 29.2 Å². The predicted octanol–water partition coefficient (Wildman–Crippen LogP) is 4.55. The van der Waals surface area contributed by atoms with E-state index in [0.717, 1.165) is 22.6 Å². The SMILES string of the molecule is O=C(c1ccc(Cl)c(Cl)c1)N1CCc2nc(Cc3cccc(F)c3)nc(N3CCOCC3)c2C1. The van der Waals surface area contributed by atoms with Crippen molar-refractivity contribution < 1.29 is 13.9 Å². The molecule has 34 heavy (non-hydrogen) atoms. The van der Waals surface area contributed by atoms with Crippen LogP contribution in [0.25, 0.3) is 0 Å². The Morgan fingerprint density at radius 2 is 1.85 bits per heavy atom. The fourth-order valence-corrected chi connectivity index (χ4v) is 4.68. The monoisotopic (exact) mass is 500 g/mol. The summed E-state index contributed by atoms with van der Waals surface area (Å²) in [4.78, 5) is 26.9. The molecule has 1 aromatic heterocycles. The molecule has 6 nitrogen and oxygen atoms in total. The fraction of sp³-hybridized carbons (Fsp3) is 0.320. The van der Waals surface area contributed by atoms with E-state index in [2.05, 4.69) is 4.90 Å². The van der Waals surface area contributed by atoms with Crippen molar-refractivity contribution in [3.05, 3.63) is 86.5 Å². The lowest BCUT2D eigenvalue weighted by Gasteiger charge is -2.34. The van der Waals surface area contributed by atoms with Gasteiger partial charge in [-0.15, -0.1) is 0 Å². The van der Waals surface area contributed by atoms with Crippen LogP contribution in [0.3, 0.4) is 0 Å². The van der Waals surface area contributed by atoms with Gasteiger partial charge in [-0.25, -0.2) is 14.4 Å². The van der Waals surface area contributed by atoms with Crippen LogP contribution in [0.15, 0.2) is 42.5 Å². The molecule has 1 saturated heterocycles. The number of halogens is 3. The fourth-order valence-electron chi connectivity index (χ4n) is 4.38. The van der Waals surface area contributed by atoms with Crippen molar-refractivity contribution >= 4 is 34.9 Å². The zero-order valence-electron chi connectivity index (χ0n) is 18.4. The Hall–Kier alpha value is -2.74. The molecule has 0 bridgehead atoms. The van der Waals surface area contributed by atoms with Crippen molar-refractivity contribution in [2.24, 2.45) is 0 Å². The maximum absolute atomic E-state index is 13.7. The van der Waals surface area contributed by atoms with Crippen LogP contribution < -0.4 is 4.90 Å². The topological polar surface area (TPSA) is 58.6 Å². The van der Waals surface area contributed by atoms with Crippen molar-refractivity contribution in [1.29, 1.82) is 0 Å². The zero-order valence-corrected chi connectivity index (χ0v) is 19.9. The van der Waals surface area contributed by atoms with E-state index in [0.29, 0.717) is 73.7 Å².